The van der Waals surface area contributed by atoms with Gasteiger partial charge in [0.1, 0.15) is 34.6 Å². The molecule has 4 N–H and O–H groups in total. The molecule has 2 aromatic heterocycles. The molecule has 56 heavy (non-hydrogen) atoms. The minimum atomic E-state index is 0.418. The number of nitrogens with one attached hydrogen (secondary N) is 4. The van der Waals surface area contributed by atoms with Crippen molar-refractivity contribution >= 4 is 68.1 Å². The predicted molar refractivity (Wildman–Crippen MR) is 223 cm³/mol. The zero-order valence-electron chi connectivity index (χ0n) is 31.1. The van der Waals surface area contributed by atoms with Crippen LogP contribution in [0.1, 0.15) is 0 Å². The third kappa shape index (κ3) is 7.57. The Morgan fingerprint density at radius 2 is 0.804 bits per heavy atom. The second-order valence-corrected chi connectivity index (χ2v) is 12.6. The first-order valence-electron chi connectivity index (χ1n) is 17.8. The number of methoxy groups -OCH3 is 4. The molecule has 0 saturated carbocycles. The third-order valence-electron chi connectivity index (χ3n) is 9.14. The van der Waals surface area contributed by atoms with Crippen molar-refractivity contribution in [3.8, 4) is 34.1 Å². The number of ether oxygens (including phenoxy) is 4. The number of benzene rings is 6. The van der Waals surface area contributed by atoms with Crippen molar-refractivity contribution in [2.24, 2.45) is 0 Å². The molecule has 2 heterocycles. The molecule has 0 atom stereocenters. The fraction of sp³-hybridized carbons (Fsp3) is 0.0909. The fourth-order valence-corrected chi connectivity index (χ4v) is 6.27. The van der Waals surface area contributed by atoms with Crippen molar-refractivity contribution in [3.63, 3.8) is 0 Å². The van der Waals surface area contributed by atoms with Crippen LogP contribution in [-0.4, -0.2) is 48.4 Å². The van der Waals surface area contributed by atoms with E-state index in [1.165, 1.54) is 0 Å². The Hall–Kier alpha value is -7.60. The number of hydrogen-bond donors (Lipinski definition) is 4. The van der Waals surface area contributed by atoms with Crippen LogP contribution in [0.3, 0.4) is 0 Å². The molecule has 6 aromatic carbocycles. The van der Waals surface area contributed by atoms with Crippen molar-refractivity contribution in [1.29, 1.82) is 0 Å². The Kier molecular flexibility index (Phi) is 9.99. The van der Waals surface area contributed by atoms with E-state index in [0.29, 0.717) is 46.4 Å². The summed E-state index contributed by atoms with van der Waals surface area (Å²) in [6.45, 7) is 0. The molecule has 0 aliphatic rings. The fourth-order valence-electron chi connectivity index (χ4n) is 6.27. The van der Waals surface area contributed by atoms with E-state index >= 15 is 0 Å². The Morgan fingerprint density at radius 1 is 0.393 bits per heavy atom. The maximum absolute atomic E-state index is 5.86. The molecule has 0 aliphatic carbocycles. The molecule has 0 radical (unpaired) electrons. The third-order valence-corrected chi connectivity index (χ3v) is 9.14. The highest BCUT2D eigenvalue weighted by atomic mass is 16.5. The van der Waals surface area contributed by atoms with Crippen LogP contribution in [0.4, 0.5) is 46.3 Å². The number of aromatic nitrogens is 4. The number of nitrogens with zero attached hydrogens (tertiary/aromatic N) is 4. The normalized spacial score (nSPS) is 10.9. The number of hydrogen-bond acceptors (Lipinski definition) is 12. The van der Waals surface area contributed by atoms with Crippen LogP contribution in [0.2, 0.25) is 0 Å². The first kappa shape index (κ1) is 35.4. The summed E-state index contributed by atoms with van der Waals surface area (Å²) in [6, 6.07) is 42.9. The Labute approximate surface area is 323 Å². The monoisotopic (exact) mass is 742 g/mol. The van der Waals surface area contributed by atoms with Gasteiger partial charge in [0.25, 0.3) is 0 Å². The molecule has 12 nitrogen and oxygen atoms in total. The lowest BCUT2D eigenvalue weighted by Gasteiger charge is -2.16. The molecular formula is C44H38N8O4. The average molecular weight is 743 g/mol. The first-order chi connectivity index (χ1) is 27.5. The van der Waals surface area contributed by atoms with Crippen LogP contribution < -0.4 is 40.2 Å². The van der Waals surface area contributed by atoms with Gasteiger partial charge in [0.15, 0.2) is 0 Å². The Bertz CT molecular complexity index is 2470. The van der Waals surface area contributed by atoms with Gasteiger partial charge in [-0.1, -0.05) is 36.4 Å². The van der Waals surface area contributed by atoms with E-state index in [1.54, 1.807) is 28.4 Å². The van der Waals surface area contributed by atoms with Crippen LogP contribution in [0.15, 0.2) is 133 Å². The number of anilines is 8. The van der Waals surface area contributed by atoms with Crippen LogP contribution >= 0.6 is 0 Å². The lowest BCUT2D eigenvalue weighted by Crippen LogP contribution is -2.04. The molecule has 0 fully saturated rings. The first-order valence-corrected chi connectivity index (χ1v) is 17.8. The highest BCUT2D eigenvalue weighted by molar-refractivity contribution is 5.93. The molecule has 278 valence electrons. The molecule has 0 aliphatic heterocycles. The lowest BCUT2D eigenvalue weighted by atomic mass is 10.0. The van der Waals surface area contributed by atoms with Gasteiger partial charge in [-0.25, -0.2) is 9.97 Å². The van der Waals surface area contributed by atoms with Crippen molar-refractivity contribution in [2.75, 3.05) is 49.7 Å². The van der Waals surface area contributed by atoms with Gasteiger partial charge in [-0.05, 0) is 108 Å². The second-order valence-electron chi connectivity index (χ2n) is 12.6. The molecule has 0 amide bonds. The topological polar surface area (TPSA) is 137 Å². The zero-order chi connectivity index (χ0) is 38.4. The molecule has 12 heteroatoms. The minimum Gasteiger partial charge on any atom is -0.497 e. The van der Waals surface area contributed by atoms with Gasteiger partial charge in [-0.15, -0.1) is 0 Å². The second kappa shape index (κ2) is 15.8. The van der Waals surface area contributed by atoms with Crippen LogP contribution in [-0.2, 0) is 0 Å². The van der Waals surface area contributed by atoms with E-state index in [1.807, 2.05) is 133 Å². The molecule has 0 saturated heterocycles. The summed E-state index contributed by atoms with van der Waals surface area (Å²) < 4.78 is 22.3. The predicted octanol–water partition coefficient (Wildman–Crippen LogP) is 10.2. The molecule has 8 aromatic rings. The zero-order valence-corrected chi connectivity index (χ0v) is 31.1. The van der Waals surface area contributed by atoms with Gasteiger partial charge in [-0.3, -0.25) is 0 Å². The molecular weight excluding hydrogens is 705 g/mol. The highest BCUT2D eigenvalue weighted by Gasteiger charge is 2.15. The maximum atomic E-state index is 5.86. The molecule has 8 rings (SSSR count). The summed E-state index contributed by atoms with van der Waals surface area (Å²) >= 11 is 0. The van der Waals surface area contributed by atoms with E-state index in [-0.39, 0.29) is 0 Å². The van der Waals surface area contributed by atoms with Crippen LogP contribution in [0.25, 0.3) is 32.9 Å². The summed E-state index contributed by atoms with van der Waals surface area (Å²) in [5.74, 6) is 4.95. The van der Waals surface area contributed by atoms with Gasteiger partial charge in [-0.2, -0.15) is 9.97 Å². The SMILES string of the molecule is COc1ccc(Nc2nc(Nc3ccc(-c4ccc(Nc5nc(Nc6ccc(OC)cc6)c6ccccc6n5)c(OC)c4)cc3OC)nc3ccccc23)cc1. The number of fused-ring (bicyclic) bond motifs is 2. The van der Waals surface area contributed by atoms with Gasteiger partial charge in [0, 0.05) is 22.1 Å². The van der Waals surface area contributed by atoms with E-state index in [0.717, 1.165) is 55.8 Å². The minimum absolute atomic E-state index is 0.418. The summed E-state index contributed by atoms with van der Waals surface area (Å²) in [5.41, 5.74) is 6.58. The van der Waals surface area contributed by atoms with E-state index in [4.69, 9.17) is 38.9 Å². The van der Waals surface area contributed by atoms with E-state index in [2.05, 4.69) is 21.3 Å². The van der Waals surface area contributed by atoms with Gasteiger partial charge in [0.2, 0.25) is 11.9 Å². The van der Waals surface area contributed by atoms with Crippen LogP contribution in [0, 0.1) is 0 Å². The summed E-state index contributed by atoms with van der Waals surface area (Å²) in [5, 5.41) is 15.4. The quantitative estimate of drug-likeness (QED) is 0.0895. The summed E-state index contributed by atoms with van der Waals surface area (Å²) in [7, 11) is 6.56. The Morgan fingerprint density at radius 3 is 1.20 bits per heavy atom. The highest BCUT2D eigenvalue weighted by Crippen LogP contribution is 2.37. The van der Waals surface area contributed by atoms with Crippen molar-refractivity contribution in [2.45, 2.75) is 0 Å². The van der Waals surface area contributed by atoms with Crippen LogP contribution in [0.5, 0.6) is 23.0 Å². The Balaban J connectivity index is 1.05. The summed E-state index contributed by atoms with van der Waals surface area (Å²) in [4.78, 5) is 19.3. The largest absolute Gasteiger partial charge is 0.497 e. The van der Waals surface area contributed by atoms with E-state index in [9.17, 15) is 0 Å². The number of para-hydroxylation sites is 2. The van der Waals surface area contributed by atoms with Crippen molar-refractivity contribution in [3.05, 3.63) is 133 Å². The maximum Gasteiger partial charge on any atom is 0.229 e. The van der Waals surface area contributed by atoms with Gasteiger partial charge in [0.05, 0.1) is 50.8 Å². The summed E-state index contributed by atoms with van der Waals surface area (Å²) in [6.07, 6.45) is 0. The molecule has 0 bridgehead atoms. The van der Waals surface area contributed by atoms with Gasteiger partial charge < -0.3 is 40.2 Å². The smallest absolute Gasteiger partial charge is 0.229 e. The standard InChI is InChI=1S/C44H38N8O4/c1-53-31-19-15-29(16-20-31)45-41-33-9-5-7-11-35(33)47-43(51-41)49-37-23-13-27(25-39(37)55-3)28-14-24-38(40(26-28)56-4)50-44-48-36-12-8-6-10-34(36)42(52-44)46-30-17-21-32(54-2)22-18-30/h5-26H,1-4H3,(H2,45,47,49,51)(H2,46,48,50,52). The average Bonchev–Trinajstić information content (AvgIpc) is 3.24. The molecule has 0 spiro atoms. The number of rotatable bonds is 13. The lowest BCUT2D eigenvalue weighted by molar-refractivity contribution is 0.415. The molecule has 0 unspecified atom stereocenters. The van der Waals surface area contributed by atoms with Crippen molar-refractivity contribution in [1.82, 2.24) is 19.9 Å². The van der Waals surface area contributed by atoms with Crippen molar-refractivity contribution < 1.29 is 18.9 Å². The van der Waals surface area contributed by atoms with Gasteiger partial charge >= 0.3 is 0 Å². The van der Waals surface area contributed by atoms with E-state index < -0.39 is 0 Å².